The zero-order valence-electron chi connectivity index (χ0n) is 12.7. The zero-order valence-corrected chi connectivity index (χ0v) is 13.6. The van der Waals surface area contributed by atoms with Gasteiger partial charge < -0.3 is 15.3 Å². The van der Waals surface area contributed by atoms with Crippen molar-refractivity contribution in [1.29, 1.82) is 0 Å². The standard InChI is InChI=1S/C17H23N3OS/c21-11-2-4-14-3-1-5-16(13-14)19-15-6-9-20(10-7-15)17-18-8-12-22-17/h1,3,5,8,12-13,15,19,21H,2,4,6-7,9-11H2. The van der Waals surface area contributed by atoms with E-state index in [-0.39, 0.29) is 6.61 Å². The molecular formula is C17H23N3OS. The van der Waals surface area contributed by atoms with Crippen molar-refractivity contribution in [2.24, 2.45) is 0 Å². The Hall–Kier alpha value is -1.59. The SMILES string of the molecule is OCCCc1cccc(NC2CCN(c3nccs3)CC2)c1. The van der Waals surface area contributed by atoms with Crippen LogP contribution in [-0.2, 0) is 6.42 Å². The van der Waals surface area contributed by atoms with Gasteiger partial charge in [-0.1, -0.05) is 12.1 Å². The summed E-state index contributed by atoms with van der Waals surface area (Å²) in [5.74, 6) is 0. The second kappa shape index (κ2) is 7.61. The van der Waals surface area contributed by atoms with E-state index in [2.05, 4.69) is 39.5 Å². The van der Waals surface area contributed by atoms with E-state index in [0.29, 0.717) is 6.04 Å². The fraction of sp³-hybridized carbons (Fsp3) is 0.471. The molecule has 1 aliphatic rings. The molecular weight excluding hydrogens is 294 g/mol. The first-order chi connectivity index (χ1) is 10.8. The Morgan fingerprint density at radius 3 is 2.91 bits per heavy atom. The predicted molar refractivity (Wildman–Crippen MR) is 92.8 cm³/mol. The van der Waals surface area contributed by atoms with Gasteiger partial charge in [-0.25, -0.2) is 4.98 Å². The smallest absolute Gasteiger partial charge is 0.185 e. The summed E-state index contributed by atoms with van der Waals surface area (Å²) in [6, 6.07) is 9.11. The van der Waals surface area contributed by atoms with Crippen molar-refractivity contribution < 1.29 is 5.11 Å². The molecule has 2 aromatic rings. The lowest BCUT2D eigenvalue weighted by Gasteiger charge is -2.32. The lowest BCUT2D eigenvalue weighted by molar-refractivity contribution is 0.288. The van der Waals surface area contributed by atoms with Gasteiger partial charge in [0.2, 0.25) is 0 Å². The summed E-state index contributed by atoms with van der Waals surface area (Å²) in [5, 5.41) is 15.8. The van der Waals surface area contributed by atoms with Crippen molar-refractivity contribution in [3.8, 4) is 0 Å². The minimum Gasteiger partial charge on any atom is -0.396 e. The van der Waals surface area contributed by atoms with Crippen LogP contribution in [0.3, 0.4) is 0 Å². The van der Waals surface area contributed by atoms with Crippen molar-refractivity contribution in [2.45, 2.75) is 31.7 Å². The topological polar surface area (TPSA) is 48.4 Å². The number of anilines is 2. The number of nitrogens with one attached hydrogen (secondary N) is 1. The average molecular weight is 317 g/mol. The predicted octanol–water partition coefficient (Wildman–Crippen LogP) is 3.15. The molecule has 1 aromatic carbocycles. The maximum absolute atomic E-state index is 8.94. The number of nitrogens with zero attached hydrogens (tertiary/aromatic N) is 2. The van der Waals surface area contributed by atoms with Crippen LogP contribution in [0, 0.1) is 0 Å². The van der Waals surface area contributed by atoms with Gasteiger partial charge in [-0.3, -0.25) is 0 Å². The summed E-state index contributed by atoms with van der Waals surface area (Å²) in [6.45, 7) is 2.39. The van der Waals surface area contributed by atoms with E-state index in [0.717, 1.165) is 43.9 Å². The van der Waals surface area contributed by atoms with Crippen LogP contribution in [-0.4, -0.2) is 35.8 Å². The quantitative estimate of drug-likeness (QED) is 0.859. The van der Waals surface area contributed by atoms with E-state index in [1.807, 2.05) is 11.6 Å². The lowest BCUT2D eigenvalue weighted by atomic mass is 10.0. The highest BCUT2D eigenvalue weighted by Gasteiger charge is 2.20. The summed E-state index contributed by atoms with van der Waals surface area (Å²) in [7, 11) is 0. The monoisotopic (exact) mass is 317 g/mol. The summed E-state index contributed by atoms with van der Waals surface area (Å²) in [5.41, 5.74) is 2.49. The van der Waals surface area contributed by atoms with E-state index in [4.69, 9.17) is 5.11 Å². The van der Waals surface area contributed by atoms with E-state index in [9.17, 15) is 0 Å². The zero-order chi connectivity index (χ0) is 15.2. The van der Waals surface area contributed by atoms with Crippen molar-refractivity contribution in [3.05, 3.63) is 41.4 Å². The van der Waals surface area contributed by atoms with Gasteiger partial charge in [-0.2, -0.15) is 0 Å². The number of benzene rings is 1. The first kappa shape index (κ1) is 15.3. The van der Waals surface area contributed by atoms with Crippen LogP contribution in [0.5, 0.6) is 0 Å². The second-order valence-electron chi connectivity index (χ2n) is 5.75. The number of hydrogen-bond acceptors (Lipinski definition) is 5. The Balaban J connectivity index is 1.52. The molecule has 0 radical (unpaired) electrons. The first-order valence-corrected chi connectivity index (χ1v) is 8.84. The Bertz CT molecular complexity index is 565. The Morgan fingerprint density at radius 1 is 1.32 bits per heavy atom. The number of aromatic nitrogens is 1. The van der Waals surface area contributed by atoms with Crippen LogP contribution >= 0.6 is 11.3 Å². The second-order valence-corrected chi connectivity index (χ2v) is 6.62. The van der Waals surface area contributed by atoms with Gasteiger partial charge in [0.25, 0.3) is 0 Å². The number of hydrogen-bond donors (Lipinski definition) is 2. The molecule has 0 spiro atoms. The molecule has 1 aliphatic heterocycles. The fourth-order valence-electron chi connectivity index (χ4n) is 2.92. The maximum atomic E-state index is 8.94. The number of piperidine rings is 1. The molecule has 1 saturated heterocycles. The third-order valence-electron chi connectivity index (χ3n) is 4.11. The minimum atomic E-state index is 0.257. The van der Waals surface area contributed by atoms with Crippen LogP contribution in [0.4, 0.5) is 10.8 Å². The molecule has 0 unspecified atom stereocenters. The molecule has 0 saturated carbocycles. The molecule has 0 amide bonds. The highest BCUT2D eigenvalue weighted by Crippen LogP contribution is 2.24. The van der Waals surface area contributed by atoms with Crippen LogP contribution in [0.15, 0.2) is 35.8 Å². The minimum absolute atomic E-state index is 0.257. The highest BCUT2D eigenvalue weighted by atomic mass is 32.1. The molecule has 2 heterocycles. The Kier molecular flexibility index (Phi) is 5.29. The van der Waals surface area contributed by atoms with Crippen molar-refractivity contribution >= 4 is 22.2 Å². The molecule has 118 valence electrons. The average Bonchev–Trinajstić information content (AvgIpc) is 3.08. The maximum Gasteiger partial charge on any atom is 0.185 e. The first-order valence-electron chi connectivity index (χ1n) is 7.96. The van der Waals surface area contributed by atoms with E-state index in [1.165, 1.54) is 11.3 Å². The van der Waals surface area contributed by atoms with Gasteiger partial charge in [0.05, 0.1) is 0 Å². The van der Waals surface area contributed by atoms with Crippen LogP contribution in [0.1, 0.15) is 24.8 Å². The Morgan fingerprint density at radius 2 is 2.18 bits per heavy atom. The molecule has 5 heteroatoms. The summed E-state index contributed by atoms with van der Waals surface area (Å²) >= 11 is 1.72. The van der Waals surface area contributed by atoms with Gasteiger partial charge in [0, 0.05) is 43.0 Å². The van der Waals surface area contributed by atoms with Gasteiger partial charge in [-0.15, -0.1) is 11.3 Å². The molecule has 0 aliphatic carbocycles. The number of aryl methyl sites for hydroxylation is 1. The summed E-state index contributed by atoms with van der Waals surface area (Å²) in [6.07, 6.45) is 5.92. The van der Waals surface area contributed by atoms with E-state index in [1.54, 1.807) is 11.3 Å². The fourth-order valence-corrected chi connectivity index (χ4v) is 3.62. The summed E-state index contributed by atoms with van der Waals surface area (Å²) < 4.78 is 0. The number of thiazole rings is 1. The van der Waals surface area contributed by atoms with Crippen LogP contribution in [0.25, 0.3) is 0 Å². The number of rotatable bonds is 6. The molecule has 22 heavy (non-hydrogen) atoms. The molecule has 0 atom stereocenters. The summed E-state index contributed by atoms with van der Waals surface area (Å²) in [4.78, 5) is 6.77. The lowest BCUT2D eigenvalue weighted by Crippen LogP contribution is -2.39. The van der Waals surface area contributed by atoms with E-state index < -0.39 is 0 Å². The molecule has 4 nitrogen and oxygen atoms in total. The third kappa shape index (κ3) is 3.99. The van der Waals surface area contributed by atoms with Gasteiger partial charge >= 0.3 is 0 Å². The van der Waals surface area contributed by atoms with Crippen LogP contribution < -0.4 is 10.2 Å². The Labute approximate surface area is 135 Å². The number of aliphatic hydroxyl groups is 1. The largest absolute Gasteiger partial charge is 0.396 e. The van der Waals surface area contributed by atoms with Crippen LogP contribution in [0.2, 0.25) is 0 Å². The van der Waals surface area contributed by atoms with Gasteiger partial charge in [0.15, 0.2) is 5.13 Å². The number of aliphatic hydroxyl groups excluding tert-OH is 1. The van der Waals surface area contributed by atoms with Gasteiger partial charge in [0.1, 0.15) is 0 Å². The molecule has 2 N–H and O–H groups in total. The molecule has 0 bridgehead atoms. The van der Waals surface area contributed by atoms with Crippen molar-refractivity contribution in [2.75, 3.05) is 29.9 Å². The molecule has 1 aromatic heterocycles. The third-order valence-corrected chi connectivity index (χ3v) is 4.94. The van der Waals surface area contributed by atoms with E-state index >= 15 is 0 Å². The van der Waals surface area contributed by atoms with Gasteiger partial charge in [-0.05, 0) is 43.4 Å². The van der Waals surface area contributed by atoms with Crippen molar-refractivity contribution in [1.82, 2.24) is 4.98 Å². The molecule has 1 fully saturated rings. The molecule has 3 rings (SSSR count). The highest BCUT2D eigenvalue weighted by molar-refractivity contribution is 7.13. The normalized spacial score (nSPS) is 16.0. The van der Waals surface area contributed by atoms with Crippen molar-refractivity contribution in [3.63, 3.8) is 0 Å².